The zero-order chi connectivity index (χ0) is 12.3. The molecular weight excluding hydrogens is 343 g/mol. The number of hydrogen-bond donors (Lipinski definition) is 1. The second-order valence-corrected chi connectivity index (χ2v) is 6.06. The van der Waals surface area contributed by atoms with Gasteiger partial charge in [0.2, 0.25) is 0 Å². The smallest absolute Gasteiger partial charge is 0.115 e. The first kappa shape index (κ1) is 12.8. The summed E-state index contributed by atoms with van der Waals surface area (Å²) in [6.07, 6.45) is 1.04. The molecule has 88 valence electrons. The summed E-state index contributed by atoms with van der Waals surface area (Å²) in [6.45, 7) is 2.17. The SMILES string of the molecule is CCc1cc(I)ccc1Sc1ccc(O)cc1. The Kier molecular flexibility index (Phi) is 4.34. The molecular formula is C14H13IOS. The molecule has 3 heteroatoms. The summed E-state index contributed by atoms with van der Waals surface area (Å²) in [5.41, 5.74) is 1.37. The first-order valence-corrected chi connectivity index (χ1v) is 7.34. The average molecular weight is 356 g/mol. The van der Waals surface area contributed by atoms with E-state index in [-0.39, 0.29) is 0 Å². The fraction of sp³-hybridized carbons (Fsp3) is 0.143. The molecule has 0 radical (unpaired) electrons. The van der Waals surface area contributed by atoms with Crippen LogP contribution in [0.25, 0.3) is 0 Å². The number of phenolic OH excluding ortho intramolecular Hbond substituents is 1. The number of aryl methyl sites for hydroxylation is 1. The monoisotopic (exact) mass is 356 g/mol. The lowest BCUT2D eigenvalue weighted by Crippen LogP contribution is -1.86. The van der Waals surface area contributed by atoms with Gasteiger partial charge >= 0.3 is 0 Å². The van der Waals surface area contributed by atoms with Crippen LogP contribution in [0, 0.1) is 3.57 Å². The summed E-state index contributed by atoms with van der Waals surface area (Å²) in [6, 6.07) is 13.8. The predicted octanol–water partition coefficient (Wildman–Crippen LogP) is 4.71. The summed E-state index contributed by atoms with van der Waals surface area (Å²) >= 11 is 4.08. The summed E-state index contributed by atoms with van der Waals surface area (Å²) in [5, 5.41) is 9.25. The van der Waals surface area contributed by atoms with Crippen LogP contribution < -0.4 is 0 Å². The number of hydrogen-bond acceptors (Lipinski definition) is 2. The molecule has 17 heavy (non-hydrogen) atoms. The number of phenols is 1. The minimum Gasteiger partial charge on any atom is -0.508 e. The molecule has 0 amide bonds. The van der Waals surface area contributed by atoms with Gasteiger partial charge in [-0.15, -0.1) is 0 Å². The maximum absolute atomic E-state index is 9.25. The predicted molar refractivity (Wildman–Crippen MR) is 80.8 cm³/mol. The molecule has 0 spiro atoms. The highest BCUT2D eigenvalue weighted by Crippen LogP contribution is 2.32. The third kappa shape index (κ3) is 3.39. The van der Waals surface area contributed by atoms with Crippen LogP contribution in [0.2, 0.25) is 0 Å². The van der Waals surface area contributed by atoms with E-state index in [0.29, 0.717) is 5.75 Å². The van der Waals surface area contributed by atoms with Crippen LogP contribution in [0.15, 0.2) is 52.3 Å². The number of rotatable bonds is 3. The Morgan fingerprint density at radius 2 is 1.82 bits per heavy atom. The van der Waals surface area contributed by atoms with Gasteiger partial charge in [-0.25, -0.2) is 0 Å². The van der Waals surface area contributed by atoms with Crippen LogP contribution in [-0.2, 0) is 6.42 Å². The molecule has 0 aromatic heterocycles. The van der Waals surface area contributed by atoms with Crippen LogP contribution in [0.1, 0.15) is 12.5 Å². The zero-order valence-corrected chi connectivity index (χ0v) is 12.5. The molecule has 0 fully saturated rings. The largest absolute Gasteiger partial charge is 0.508 e. The van der Waals surface area contributed by atoms with Crippen molar-refractivity contribution in [3.8, 4) is 5.75 Å². The van der Waals surface area contributed by atoms with E-state index >= 15 is 0 Å². The van der Waals surface area contributed by atoms with Crippen molar-refractivity contribution in [1.29, 1.82) is 0 Å². The molecule has 1 N–H and O–H groups in total. The summed E-state index contributed by atoms with van der Waals surface area (Å²) < 4.78 is 1.27. The van der Waals surface area contributed by atoms with Gasteiger partial charge in [-0.2, -0.15) is 0 Å². The molecule has 0 aliphatic rings. The lowest BCUT2D eigenvalue weighted by molar-refractivity contribution is 0.475. The lowest BCUT2D eigenvalue weighted by Gasteiger charge is -2.08. The molecule has 0 bridgehead atoms. The van der Waals surface area contributed by atoms with Gasteiger partial charge in [0.1, 0.15) is 5.75 Å². The third-order valence-corrected chi connectivity index (χ3v) is 4.27. The highest BCUT2D eigenvalue weighted by molar-refractivity contribution is 14.1. The Labute approximate surface area is 119 Å². The maximum Gasteiger partial charge on any atom is 0.115 e. The molecule has 0 aliphatic heterocycles. The van der Waals surface area contributed by atoms with Gasteiger partial charge in [-0.1, -0.05) is 18.7 Å². The quantitative estimate of drug-likeness (QED) is 0.804. The standard InChI is InChI=1S/C14H13IOS/c1-2-10-9-11(15)3-8-14(10)17-13-6-4-12(16)5-7-13/h3-9,16H,2H2,1H3. The van der Waals surface area contributed by atoms with Crippen molar-refractivity contribution in [2.45, 2.75) is 23.1 Å². The van der Waals surface area contributed by atoms with E-state index < -0.39 is 0 Å². The summed E-state index contributed by atoms with van der Waals surface area (Å²) in [5.74, 6) is 0.313. The first-order valence-electron chi connectivity index (χ1n) is 5.44. The van der Waals surface area contributed by atoms with Crippen molar-refractivity contribution in [2.24, 2.45) is 0 Å². The molecule has 0 unspecified atom stereocenters. The van der Waals surface area contributed by atoms with Crippen molar-refractivity contribution in [1.82, 2.24) is 0 Å². The van der Waals surface area contributed by atoms with E-state index in [1.54, 1.807) is 23.9 Å². The summed E-state index contributed by atoms with van der Waals surface area (Å²) in [4.78, 5) is 2.44. The van der Waals surface area contributed by atoms with Gasteiger partial charge in [0.05, 0.1) is 0 Å². The van der Waals surface area contributed by atoms with Gasteiger partial charge in [-0.3, -0.25) is 0 Å². The van der Waals surface area contributed by atoms with Gasteiger partial charge in [0.15, 0.2) is 0 Å². The number of halogens is 1. The Bertz CT molecular complexity index is 508. The minimum atomic E-state index is 0.313. The topological polar surface area (TPSA) is 20.2 Å². The molecule has 0 saturated heterocycles. The molecule has 2 aromatic carbocycles. The molecule has 0 atom stereocenters. The lowest BCUT2D eigenvalue weighted by atomic mass is 10.2. The van der Waals surface area contributed by atoms with Crippen molar-refractivity contribution in [3.05, 3.63) is 51.6 Å². The molecule has 2 aromatic rings. The number of benzene rings is 2. The highest BCUT2D eigenvalue weighted by Gasteiger charge is 2.04. The van der Waals surface area contributed by atoms with Gasteiger partial charge in [0, 0.05) is 13.4 Å². The molecule has 0 aliphatic carbocycles. The number of aromatic hydroxyl groups is 1. The van der Waals surface area contributed by atoms with Gasteiger partial charge in [-0.05, 0) is 77.0 Å². The van der Waals surface area contributed by atoms with E-state index in [0.717, 1.165) is 11.3 Å². The Balaban J connectivity index is 2.26. The van der Waals surface area contributed by atoms with E-state index in [1.165, 1.54) is 14.0 Å². The first-order chi connectivity index (χ1) is 8.19. The Morgan fingerprint density at radius 3 is 2.47 bits per heavy atom. The third-order valence-electron chi connectivity index (χ3n) is 2.47. The molecule has 0 saturated carbocycles. The van der Waals surface area contributed by atoms with Crippen molar-refractivity contribution >= 4 is 34.4 Å². The van der Waals surface area contributed by atoms with Crippen LogP contribution in [-0.4, -0.2) is 5.11 Å². The average Bonchev–Trinajstić information content (AvgIpc) is 2.34. The highest BCUT2D eigenvalue weighted by atomic mass is 127. The van der Waals surface area contributed by atoms with Crippen LogP contribution in [0.5, 0.6) is 5.75 Å². The second kappa shape index (κ2) is 5.78. The minimum absolute atomic E-state index is 0.313. The zero-order valence-electron chi connectivity index (χ0n) is 9.48. The van der Waals surface area contributed by atoms with Crippen LogP contribution >= 0.6 is 34.4 Å². The van der Waals surface area contributed by atoms with Crippen molar-refractivity contribution in [2.75, 3.05) is 0 Å². The molecule has 0 heterocycles. The van der Waals surface area contributed by atoms with Crippen molar-refractivity contribution in [3.63, 3.8) is 0 Å². The Morgan fingerprint density at radius 1 is 1.12 bits per heavy atom. The van der Waals surface area contributed by atoms with Gasteiger partial charge in [0.25, 0.3) is 0 Å². The van der Waals surface area contributed by atoms with Gasteiger partial charge < -0.3 is 5.11 Å². The Hall–Kier alpha value is -0.680. The van der Waals surface area contributed by atoms with E-state index in [9.17, 15) is 5.11 Å². The molecule has 1 nitrogen and oxygen atoms in total. The molecule has 2 rings (SSSR count). The fourth-order valence-corrected chi connectivity index (χ4v) is 3.12. The maximum atomic E-state index is 9.25. The second-order valence-electron chi connectivity index (χ2n) is 3.70. The van der Waals surface area contributed by atoms with Crippen molar-refractivity contribution < 1.29 is 5.11 Å². The summed E-state index contributed by atoms with van der Waals surface area (Å²) in [7, 11) is 0. The van der Waals surface area contributed by atoms with E-state index in [2.05, 4.69) is 47.7 Å². The van der Waals surface area contributed by atoms with Crippen LogP contribution in [0.4, 0.5) is 0 Å². The fourth-order valence-electron chi connectivity index (χ4n) is 1.57. The van der Waals surface area contributed by atoms with E-state index in [1.807, 2.05) is 12.1 Å². The van der Waals surface area contributed by atoms with E-state index in [4.69, 9.17) is 0 Å². The van der Waals surface area contributed by atoms with Crippen LogP contribution in [0.3, 0.4) is 0 Å². The normalized spacial score (nSPS) is 10.5.